The Bertz CT molecular complexity index is 637. The average Bonchev–Trinajstić information content (AvgIpc) is 3.26. The lowest BCUT2D eigenvalue weighted by molar-refractivity contribution is -0.148. The highest BCUT2D eigenvalue weighted by Crippen LogP contribution is 2.56. The molecule has 3 saturated heterocycles. The van der Waals surface area contributed by atoms with Crippen LogP contribution in [0.4, 0.5) is 0 Å². The molecule has 5 aliphatic rings. The standard InChI is InChI=1S/C16H18O6/c1-15(2)9-7-4-6(13(17)19-7)10-11(21-10)12-16(3,22-12)5-8(9)20-14(15)18/h4,7-12H,5H2,1-3H3/t7-,8+,9?,10-,11-,12-,16+/m1/s1. The lowest BCUT2D eigenvalue weighted by atomic mass is 9.72. The zero-order valence-electron chi connectivity index (χ0n) is 12.7. The second kappa shape index (κ2) is 3.57. The van der Waals surface area contributed by atoms with Crippen LogP contribution in [0.5, 0.6) is 0 Å². The number of rotatable bonds is 0. The molecule has 4 aliphatic heterocycles. The van der Waals surface area contributed by atoms with Crippen LogP contribution in [0.1, 0.15) is 27.2 Å². The van der Waals surface area contributed by atoms with Gasteiger partial charge >= 0.3 is 11.9 Å². The maximum Gasteiger partial charge on any atom is 0.337 e. The van der Waals surface area contributed by atoms with Gasteiger partial charge in [-0.3, -0.25) is 4.79 Å². The van der Waals surface area contributed by atoms with Crippen molar-refractivity contribution in [3.05, 3.63) is 11.6 Å². The van der Waals surface area contributed by atoms with Crippen LogP contribution in [0.25, 0.3) is 0 Å². The third-order valence-corrected chi connectivity index (χ3v) is 5.87. The Labute approximate surface area is 127 Å². The summed E-state index contributed by atoms with van der Waals surface area (Å²) in [5.41, 5.74) is -0.460. The van der Waals surface area contributed by atoms with Gasteiger partial charge in [-0.25, -0.2) is 4.79 Å². The Kier molecular flexibility index (Phi) is 2.12. The van der Waals surface area contributed by atoms with Crippen molar-refractivity contribution >= 4 is 11.9 Å². The van der Waals surface area contributed by atoms with Crippen molar-refractivity contribution in [2.24, 2.45) is 11.3 Å². The van der Waals surface area contributed by atoms with Crippen molar-refractivity contribution in [3.63, 3.8) is 0 Å². The van der Waals surface area contributed by atoms with Gasteiger partial charge in [0.2, 0.25) is 0 Å². The molecule has 6 nitrogen and oxygen atoms in total. The van der Waals surface area contributed by atoms with Crippen LogP contribution in [-0.4, -0.2) is 48.1 Å². The first-order chi connectivity index (χ1) is 10.3. The van der Waals surface area contributed by atoms with Gasteiger partial charge in [0.25, 0.3) is 0 Å². The molecule has 0 saturated carbocycles. The summed E-state index contributed by atoms with van der Waals surface area (Å²) < 4.78 is 22.7. The summed E-state index contributed by atoms with van der Waals surface area (Å²) in [7, 11) is 0. The first-order valence-electron chi connectivity index (χ1n) is 7.78. The molecule has 6 heteroatoms. The van der Waals surface area contributed by atoms with E-state index in [2.05, 4.69) is 0 Å². The van der Waals surface area contributed by atoms with Gasteiger partial charge in [0, 0.05) is 6.42 Å². The van der Waals surface area contributed by atoms with Crippen molar-refractivity contribution in [2.75, 3.05) is 0 Å². The van der Waals surface area contributed by atoms with Crippen molar-refractivity contribution in [3.8, 4) is 0 Å². The summed E-state index contributed by atoms with van der Waals surface area (Å²) in [6, 6.07) is 0. The molecular weight excluding hydrogens is 288 g/mol. The number of fused-ring (bicyclic) bond motifs is 7. The molecule has 3 fully saturated rings. The van der Waals surface area contributed by atoms with Crippen LogP contribution in [0.3, 0.4) is 0 Å². The number of hydrogen-bond donors (Lipinski definition) is 0. The number of carbonyl (C=O) groups is 2. The Morgan fingerprint density at radius 1 is 1.18 bits per heavy atom. The average molecular weight is 306 g/mol. The van der Waals surface area contributed by atoms with E-state index in [4.69, 9.17) is 18.9 Å². The van der Waals surface area contributed by atoms with Gasteiger partial charge in [0.05, 0.1) is 22.5 Å². The minimum absolute atomic E-state index is 0.0357. The molecule has 4 heterocycles. The first-order valence-corrected chi connectivity index (χ1v) is 7.78. The van der Waals surface area contributed by atoms with Gasteiger partial charge in [-0.2, -0.15) is 0 Å². The Hall–Kier alpha value is -1.40. The van der Waals surface area contributed by atoms with E-state index in [1.807, 2.05) is 26.8 Å². The van der Waals surface area contributed by atoms with E-state index in [-0.39, 0.29) is 47.9 Å². The van der Waals surface area contributed by atoms with Crippen molar-refractivity contribution in [2.45, 2.75) is 63.3 Å². The molecule has 1 aliphatic carbocycles. The van der Waals surface area contributed by atoms with Gasteiger partial charge in [0.1, 0.15) is 30.5 Å². The predicted molar refractivity (Wildman–Crippen MR) is 71.7 cm³/mol. The fraction of sp³-hybridized carbons (Fsp3) is 0.750. The lowest BCUT2D eigenvalue weighted by Gasteiger charge is -2.29. The molecule has 5 rings (SSSR count). The Morgan fingerprint density at radius 3 is 2.73 bits per heavy atom. The SMILES string of the molecule is CC1(C)C(=O)O[C@H]2C[C@]3(C)O[C@@H]3[C@@H]3O[C@@H]3C3=C[C@@H](OC3=O)C21. The number of ether oxygens (including phenoxy) is 4. The molecule has 1 unspecified atom stereocenters. The van der Waals surface area contributed by atoms with E-state index < -0.39 is 11.5 Å². The van der Waals surface area contributed by atoms with E-state index in [1.54, 1.807) is 0 Å². The molecule has 0 aromatic rings. The Morgan fingerprint density at radius 2 is 1.95 bits per heavy atom. The first kappa shape index (κ1) is 13.1. The summed E-state index contributed by atoms with van der Waals surface area (Å²) in [6.45, 7) is 5.73. The van der Waals surface area contributed by atoms with Gasteiger partial charge in [0.15, 0.2) is 0 Å². The number of hydrogen-bond acceptors (Lipinski definition) is 6. The fourth-order valence-corrected chi connectivity index (χ4v) is 4.45. The summed E-state index contributed by atoms with van der Waals surface area (Å²) in [4.78, 5) is 24.4. The summed E-state index contributed by atoms with van der Waals surface area (Å²) in [5.74, 6) is -0.768. The van der Waals surface area contributed by atoms with Gasteiger partial charge in [-0.05, 0) is 26.8 Å². The van der Waals surface area contributed by atoms with Crippen LogP contribution in [-0.2, 0) is 28.5 Å². The number of esters is 2. The normalized spacial score (nSPS) is 53.5. The zero-order chi connectivity index (χ0) is 15.4. The van der Waals surface area contributed by atoms with Crippen LogP contribution in [0.15, 0.2) is 11.6 Å². The van der Waals surface area contributed by atoms with Crippen molar-refractivity contribution < 1.29 is 28.5 Å². The largest absolute Gasteiger partial charge is 0.461 e. The van der Waals surface area contributed by atoms with Crippen LogP contribution < -0.4 is 0 Å². The molecule has 2 bridgehead atoms. The third-order valence-electron chi connectivity index (χ3n) is 5.87. The van der Waals surface area contributed by atoms with Crippen molar-refractivity contribution in [1.82, 2.24) is 0 Å². The second-order valence-electron chi connectivity index (χ2n) is 7.76. The highest BCUT2D eigenvalue weighted by atomic mass is 16.7. The van der Waals surface area contributed by atoms with E-state index >= 15 is 0 Å². The highest BCUT2D eigenvalue weighted by molar-refractivity contribution is 5.93. The van der Waals surface area contributed by atoms with Crippen molar-refractivity contribution in [1.29, 1.82) is 0 Å². The molecule has 118 valence electrons. The molecule has 0 amide bonds. The number of epoxide rings is 2. The maximum atomic E-state index is 12.3. The lowest BCUT2D eigenvalue weighted by Crippen LogP contribution is -2.39. The van der Waals surface area contributed by atoms with E-state index in [0.717, 1.165) is 0 Å². The van der Waals surface area contributed by atoms with Gasteiger partial charge < -0.3 is 18.9 Å². The molecule has 0 aromatic carbocycles. The van der Waals surface area contributed by atoms with Crippen LogP contribution in [0, 0.1) is 11.3 Å². The fourth-order valence-electron chi connectivity index (χ4n) is 4.45. The molecule has 0 radical (unpaired) electrons. The molecule has 0 aromatic heterocycles. The van der Waals surface area contributed by atoms with Crippen LogP contribution >= 0.6 is 0 Å². The summed E-state index contributed by atoms with van der Waals surface area (Å²) in [5, 5.41) is 0. The number of carbonyl (C=O) groups excluding carboxylic acids is 2. The van der Waals surface area contributed by atoms with E-state index in [0.29, 0.717) is 12.0 Å². The van der Waals surface area contributed by atoms with E-state index in [9.17, 15) is 9.59 Å². The minimum Gasteiger partial charge on any atom is -0.461 e. The topological polar surface area (TPSA) is 77.7 Å². The molecule has 0 spiro atoms. The minimum atomic E-state index is -0.689. The third kappa shape index (κ3) is 1.47. The highest BCUT2D eigenvalue weighted by Gasteiger charge is 2.70. The van der Waals surface area contributed by atoms with Crippen LogP contribution in [0.2, 0.25) is 0 Å². The molecule has 22 heavy (non-hydrogen) atoms. The monoisotopic (exact) mass is 306 g/mol. The van der Waals surface area contributed by atoms with E-state index in [1.165, 1.54) is 0 Å². The molecule has 7 atom stereocenters. The smallest absolute Gasteiger partial charge is 0.337 e. The molecule has 0 N–H and O–H groups in total. The quantitative estimate of drug-likeness (QED) is 0.485. The second-order valence-corrected chi connectivity index (χ2v) is 7.76. The summed E-state index contributed by atoms with van der Waals surface area (Å²) >= 11 is 0. The Balaban J connectivity index is 1.60. The van der Waals surface area contributed by atoms with Gasteiger partial charge in [-0.15, -0.1) is 0 Å². The molecular formula is C16H18O6. The van der Waals surface area contributed by atoms with Gasteiger partial charge in [-0.1, -0.05) is 0 Å². The predicted octanol–water partition coefficient (Wildman–Crippen LogP) is 0.735. The zero-order valence-corrected chi connectivity index (χ0v) is 12.7. The summed E-state index contributed by atoms with van der Waals surface area (Å²) in [6.07, 6.45) is 1.37. The maximum absolute atomic E-state index is 12.3.